The van der Waals surface area contributed by atoms with Crippen LogP contribution in [0.3, 0.4) is 0 Å². The maximum absolute atomic E-state index is 12.1. The molecule has 0 amide bonds. The number of ether oxygens (including phenoxy) is 1. The maximum atomic E-state index is 12.1. The molecule has 0 spiro atoms. The number of Topliss-reactive ketones (excluding diaryl/α,β-unsaturated/α-hetero) is 1. The fraction of sp³-hybridized carbons (Fsp3) is 0.125. The van der Waals surface area contributed by atoms with Gasteiger partial charge in [0.15, 0.2) is 6.61 Å². The third-order valence-corrected chi connectivity index (χ3v) is 4.11. The summed E-state index contributed by atoms with van der Waals surface area (Å²) in [4.78, 5) is 44.6. The van der Waals surface area contributed by atoms with Gasteiger partial charge in [-0.3, -0.25) is 25.0 Å². The molecule has 0 fully saturated rings. The second-order valence-electron chi connectivity index (χ2n) is 5.18. The third kappa shape index (κ3) is 4.28. The quantitative estimate of drug-likeness (QED) is 0.300. The van der Waals surface area contributed by atoms with Gasteiger partial charge in [-0.2, -0.15) is 0 Å². The zero-order valence-corrected chi connectivity index (χ0v) is 14.9. The SMILES string of the molecule is Cc1ccc(C(=O)COC(=O)c2ccc(Br)c([N+](=O)[O-])c2)cc1[N+](=O)[O-]. The molecule has 0 aromatic heterocycles. The molecule has 0 aliphatic rings. The first-order chi connectivity index (χ1) is 12.2. The molecular formula is C16H11BrN2O7. The summed E-state index contributed by atoms with van der Waals surface area (Å²) in [5, 5.41) is 21.8. The van der Waals surface area contributed by atoms with Gasteiger partial charge < -0.3 is 4.74 Å². The molecule has 0 aliphatic heterocycles. The Labute approximate surface area is 155 Å². The lowest BCUT2D eigenvalue weighted by Crippen LogP contribution is -2.14. The number of nitro benzene ring substituents is 2. The minimum absolute atomic E-state index is 0.0249. The molecule has 10 heteroatoms. The van der Waals surface area contributed by atoms with Gasteiger partial charge in [-0.25, -0.2) is 4.79 Å². The van der Waals surface area contributed by atoms with E-state index >= 15 is 0 Å². The summed E-state index contributed by atoms with van der Waals surface area (Å²) < 4.78 is 5.05. The first kappa shape index (κ1) is 19.2. The minimum atomic E-state index is -0.921. The van der Waals surface area contributed by atoms with Crippen LogP contribution in [-0.2, 0) is 4.74 Å². The summed E-state index contributed by atoms with van der Waals surface area (Å²) in [7, 11) is 0. The molecule has 2 aromatic carbocycles. The van der Waals surface area contributed by atoms with E-state index in [4.69, 9.17) is 4.74 Å². The van der Waals surface area contributed by atoms with E-state index in [0.29, 0.717) is 5.56 Å². The Morgan fingerprint density at radius 2 is 1.58 bits per heavy atom. The molecule has 0 saturated heterocycles. The third-order valence-electron chi connectivity index (χ3n) is 3.44. The lowest BCUT2D eigenvalue weighted by atomic mass is 10.1. The predicted molar refractivity (Wildman–Crippen MR) is 93.2 cm³/mol. The van der Waals surface area contributed by atoms with E-state index in [9.17, 15) is 29.8 Å². The van der Waals surface area contributed by atoms with E-state index in [0.717, 1.165) is 12.1 Å². The number of nitrogens with zero attached hydrogens (tertiary/aromatic N) is 2. The largest absolute Gasteiger partial charge is 0.454 e. The Balaban J connectivity index is 2.11. The van der Waals surface area contributed by atoms with Crippen molar-refractivity contribution in [2.45, 2.75) is 6.92 Å². The van der Waals surface area contributed by atoms with Crippen molar-refractivity contribution in [2.24, 2.45) is 0 Å². The zero-order chi connectivity index (χ0) is 19.4. The van der Waals surface area contributed by atoms with Crippen molar-refractivity contribution in [3.63, 3.8) is 0 Å². The summed E-state index contributed by atoms with van der Waals surface area (Å²) in [6.07, 6.45) is 0. The van der Waals surface area contributed by atoms with Gasteiger partial charge >= 0.3 is 5.97 Å². The van der Waals surface area contributed by atoms with Crippen LogP contribution < -0.4 is 0 Å². The Morgan fingerprint density at radius 3 is 2.19 bits per heavy atom. The molecule has 0 N–H and O–H groups in total. The van der Waals surface area contributed by atoms with Gasteiger partial charge in [0.2, 0.25) is 5.78 Å². The maximum Gasteiger partial charge on any atom is 0.338 e. The van der Waals surface area contributed by atoms with E-state index < -0.39 is 28.2 Å². The second-order valence-corrected chi connectivity index (χ2v) is 6.04. The van der Waals surface area contributed by atoms with Gasteiger partial charge in [-0.05, 0) is 35.0 Å². The summed E-state index contributed by atoms with van der Waals surface area (Å²) >= 11 is 2.99. The van der Waals surface area contributed by atoms with Crippen LogP contribution in [0.15, 0.2) is 40.9 Å². The average molecular weight is 423 g/mol. The standard InChI is InChI=1S/C16H11BrN2O7/c1-9-2-3-10(6-13(9)18(22)23)15(20)8-26-16(21)11-4-5-12(17)14(7-11)19(24)25/h2-7H,8H2,1H3. The molecule has 2 aromatic rings. The van der Waals surface area contributed by atoms with Crippen molar-refractivity contribution >= 4 is 39.1 Å². The lowest BCUT2D eigenvalue weighted by molar-refractivity contribution is -0.385. The monoisotopic (exact) mass is 422 g/mol. The van der Waals surface area contributed by atoms with Gasteiger partial charge in [0, 0.05) is 23.3 Å². The average Bonchev–Trinajstić information content (AvgIpc) is 2.59. The molecular weight excluding hydrogens is 412 g/mol. The first-order valence-corrected chi connectivity index (χ1v) is 7.89. The topological polar surface area (TPSA) is 130 Å². The molecule has 0 aliphatic carbocycles. The highest BCUT2D eigenvalue weighted by atomic mass is 79.9. The Hall–Kier alpha value is -3.14. The number of benzene rings is 2. The molecule has 0 unspecified atom stereocenters. The van der Waals surface area contributed by atoms with Crippen molar-refractivity contribution < 1.29 is 24.2 Å². The van der Waals surface area contributed by atoms with Gasteiger partial charge in [0.1, 0.15) is 0 Å². The Morgan fingerprint density at radius 1 is 1.00 bits per heavy atom. The van der Waals surface area contributed by atoms with Gasteiger partial charge in [0.25, 0.3) is 11.4 Å². The van der Waals surface area contributed by atoms with Crippen molar-refractivity contribution in [3.05, 3.63) is 77.8 Å². The number of carbonyl (C=O) groups is 2. The highest BCUT2D eigenvalue weighted by Gasteiger charge is 2.19. The molecule has 9 nitrogen and oxygen atoms in total. The van der Waals surface area contributed by atoms with Crippen LogP contribution in [0.25, 0.3) is 0 Å². The Bertz CT molecular complexity index is 851. The number of nitro groups is 2. The van der Waals surface area contributed by atoms with Crippen LogP contribution in [0.5, 0.6) is 0 Å². The highest BCUT2D eigenvalue weighted by Crippen LogP contribution is 2.26. The summed E-state index contributed by atoms with van der Waals surface area (Å²) in [5.41, 5.74) is -0.212. The number of halogens is 1. The molecule has 0 radical (unpaired) electrons. The number of rotatable bonds is 6. The number of hydrogen-bond donors (Lipinski definition) is 0. The molecule has 0 heterocycles. The van der Waals surface area contributed by atoms with Crippen molar-refractivity contribution in [2.75, 3.05) is 6.61 Å². The Kier molecular flexibility index (Phi) is 5.78. The molecule has 26 heavy (non-hydrogen) atoms. The molecule has 0 atom stereocenters. The number of carbonyl (C=O) groups excluding carboxylic acids is 2. The van der Waals surface area contributed by atoms with Crippen LogP contribution in [-0.4, -0.2) is 28.2 Å². The molecule has 0 saturated carbocycles. The smallest absolute Gasteiger partial charge is 0.338 e. The van der Waals surface area contributed by atoms with Crippen LogP contribution in [0.1, 0.15) is 26.3 Å². The molecule has 0 bridgehead atoms. The number of ketones is 1. The fourth-order valence-electron chi connectivity index (χ4n) is 2.06. The number of hydrogen-bond acceptors (Lipinski definition) is 7. The normalized spacial score (nSPS) is 10.2. The van der Waals surface area contributed by atoms with Gasteiger partial charge in [-0.1, -0.05) is 12.1 Å². The highest BCUT2D eigenvalue weighted by molar-refractivity contribution is 9.10. The van der Waals surface area contributed by atoms with Crippen molar-refractivity contribution in [1.82, 2.24) is 0 Å². The van der Waals surface area contributed by atoms with Crippen molar-refractivity contribution in [3.8, 4) is 0 Å². The summed E-state index contributed by atoms with van der Waals surface area (Å²) in [5.74, 6) is -1.55. The summed E-state index contributed by atoms with van der Waals surface area (Å²) in [6, 6.07) is 7.57. The van der Waals surface area contributed by atoms with E-state index in [-0.39, 0.29) is 27.0 Å². The van der Waals surface area contributed by atoms with E-state index in [1.54, 1.807) is 0 Å². The second kappa shape index (κ2) is 7.83. The lowest BCUT2D eigenvalue weighted by Gasteiger charge is -2.06. The zero-order valence-electron chi connectivity index (χ0n) is 13.3. The fourth-order valence-corrected chi connectivity index (χ4v) is 2.45. The molecule has 2 rings (SSSR count). The van der Waals surface area contributed by atoms with Crippen molar-refractivity contribution in [1.29, 1.82) is 0 Å². The first-order valence-electron chi connectivity index (χ1n) is 7.10. The summed E-state index contributed by atoms with van der Waals surface area (Å²) in [6.45, 7) is 0.885. The van der Waals surface area contributed by atoms with Crippen LogP contribution in [0, 0.1) is 27.2 Å². The predicted octanol–water partition coefficient (Wildman–Crippen LogP) is 3.61. The number of aryl methyl sites for hydroxylation is 1. The number of esters is 1. The van der Waals surface area contributed by atoms with Gasteiger partial charge in [0.05, 0.1) is 19.9 Å². The van der Waals surface area contributed by atoms with E-state index in [1.807, 2.05) is 0 Å². The van der Waals surface area contributed by atoms with Gasteiger partial charge in [-0.15, -0.1) is 0 Å². The van der Waals surface area contributed by atoms with Crippen LogP contribution in [0.2, 0.25) is 0 Å². The van der Waals surface area contributed by atoms with E-state index in [2.05, 4.69) is 15.9 Å². The van der Waals surface area contributed by atoms with E-state index in [1.165, 1.54) is 31.2 Å². The van der Waals surface area contributed by atoms with Crippen LogP contribution >= 0.6 is 15.9 Å². The molecule has 134 valence electrons. The van der Waals surface area contributed by atoms with Crippen LogP contribution in [0.4, 0.5) is 11.4 Å². The minimum Gasteiger partial charge on any atom is -0.454 e.